The summed E-state index contributed by atoms with van der Waals surface area (Å²) >= 11 is 0. The predicted molar refractivity (Wildman–Crippen MR) is 66.1 cm³/mol. The average molecular weight is 216 g/mol. The molecule has 1 atom stereocenters. The molecule has 0 aliphatic carbocycles. The number of nitrogens with one attached hydrogen (secondary N) is 1. The average Bonchev–Trinajstić information content (AvgIpc) is 2.00. The molecule has 0 aromatic heterocycles. The predicted octanol–water partition coefficient (Wildman–Crippen LogP) is 1.32. The lowest BCUT2D eigenvalue weighted by atomic mass is 9.92. The molecule has 0 saturated carbocycles. The third-order valence-electron chi connectivity index (χ3n) is 2.30. The quantitative estimate of drug-likeness (QED) is 0.601. The minimum Gasteiger partial charge on any atom is -0.392 e. The highest BCUT2D eigenvalue weighted by Gasteiger charge is 2.19. The summed E-state index contributed by atoms with van der Waals surface area (Å²) in [5.74, 6) is 0. The number of hydrogen-bond donors (Lipinski definition) is 2. The number of aliphatic hydroxyl groups is 1. The van der Waals surface area contributed by atoms with Crippen molar-refractivity contribution in [1.82, 2.24) is 10.2 Å². The first-order valence-electron chi connectivity index (χ1n) is 5.94. The first-order valence-corrected chi connectivity index (χ1v) is 5.94. The van der Waals surface area contributed by atoms with E-state index in [9.17, 15) is 5.11 Å². The van der Waals surface area contributed by atoms with Gasteiger partial charge in [-0.1, -0.05) is 20.8 Å². The van der Waals surface area contributed by atoms with E-state index in [4.69, 9.17) is 0 Å². The van der Waals surface area contributed by atoms with Crippen LogP contribution in [-0.4, -0.2) is 49.3 Å². The molecule has 3 heteroatoms. The van der Waals surface area contributed by atoms with E-state index in [1.165, 1.54) is 6.42 Å². The van der Waals surface area contributed by atoms with Gasteiger partial charge in [0.05, 0.1) is 6.10 Å². The van der Waals surface area contributed by atoms with Gasteiger partial charge in [0.1, 0.15) is 0 Å². The number of aliphatic hydroxyl groups excluding tert-OH is 1. The van der Waals surface area contributed by atoms with Crippen molar-refractivity contribution in [2.24, 2.45) is 5.41 Å². The summed E-state index contributed by atoms with van der Waals surface area (Å²) in [7, 11) is 2.06. The largest absolute Gasteiger partial charge is 0.392 e. The van der Waals surface area contributed by atoms with Crippen LogP contribution in [0.5, 0.6) is 0 Å². The molecule has 0 rings (SSSR count). The van der Waals surface area contributed by atoms with Gasteiger partial charge in [-0.3, -0.25) is 0 Å². The van der Waals surface area contributed by atoms with Gasteiger partial charge < -0.3 is 15.3 Å². The van der Waals surface area contributed by atoms with Crippen LogP contribution < -0.4 is 5.32 Å². The van der Waals surface area contributed by atoms with E-state index in [2.05, 4.69) is 38.0 Å². The molecule has 15 heavy (non-hydrogen) atoms. The summed E-state index contributed by atoms with van der Waals surface area (Å²) in [6, 6.07) is 0. The second-order valence-electron chi connectivity index (χ2n) is 5.39. The van der Waals surface area contributed by atoms with Crippen LogP contribution in [0.4, 0.5) is 0 Å². The first kappa shape index (κ1) is 14.9. The Morgan fingerprint density at radius 1 is 1.40 bits per heavy atom. The van der Waals surface area contributed by atoms with Crippen molar-refractivity contribution in [2.45, 2.75) is 40.2 Å². The van der Waals surface area contributed by atoms with Gasteiger partial charge in [0.15, 0.2) is 0 Å². The molecule has 0 saturated heterocycles. The number of nitrogens with zero attached hydrogens (tertiary/aromatic N) is 1. The second-order valence-corrected chi connectivity index (χ2v) is 5.39. The number of rotatable bonds is 8. The van der Waals surface area contributed by atoms with Crippen LogP contribution >= 0.6 is 0 Å². The highest BCUT2D eigenvalue weighted by molar-refractivity contribution is 4.75. The minimum absolute atomic E-state index is 0.241. The molecule has 0 aromatic rings. The van der Waals surface area contributed by atoms with Gasteiger partial charge >= 0.3 is 0 Å². The standard InChI is InChI=1S/C12H28N2O/c1-6-7-13-9-12(3,4)10-14(5)8-11(2)15/h11,13,15H,6-10H2,1-5H3. The van der Waals surface area contributed by atoms with E-state index < -0.39 is 0 Å². The molecule has 0 bridgehead atoms. The zero-order chi connectivity index (χ0) is 11.9. The summed E-state index contributed by atoms with van der Waals surface area (Å²) in [6.07, 6.45) is 0.939. The van der Waals surface area contributed by atoms with Crippen molar-refractivity contribution in [2.75, 3.05) is 33.2 Å². The molecule has 0 aliphatic heterocycles. The van der Waals surface area contributed by atoms with Gasteiger partial charge in [0.25, 0.3) is 0 Å². The van der Waals surface area contributed by atoms with Crippen LogP contribution in [-0.2, 0) is 0 Å². The van der Waals surface area contributed by atoms with E-state index in [-0.39, 0.29) is 11.5 Å². The molecule has 0 amide bonds. The molecule has 0 heterocycles. The van der Waals surface area contributed by atoms with E-state index in [0.717, 1.165) is 26.2 Å². The van der Waals surface area contributed by atoms with Crippen molar-refractivity contribution < 1.29 is 5.11 Å². The van der Waals surface area contributed by atoms with E-state index in [1.807, 2.05) is 6.92 Å². The van der Waals surface area contributed by atoms with Crippen LogP contribution in [0, 0.1) is 5.41 Å². The minimum atomic E-state index is -0.241. The fourth-order valence-electron chi connectivity index (χ4n) is 1.91. The monoisotopic (exact) mass is 216 g/mol. The maximum absolute atomic E-state index is 9.28. The van der Waals surface area contributed by atoms with Crippen LogP contribution in [0.2, 0.25) is 0 Å². The molecule has 0 aromatic carbocycles. The summed E-state index contributed by atoms with van der Waals surface area (Å²) in [5.41, 5.74) is 0.263. The smallest absolute Gasteiger partial charge is 0.0638 e. The Morgan fingerprint density at radius 3 is 2.47 bits per heavy atom. The maximum atomic E-state index is 9.28. The Kier molecular flexibility index (Phi) is 7.14. The highest BCUT2D eigenvalue weighted by atomic mass is 16.3. The van der Waals surface area contributed by atoms with Crippen molar-refractivity contribution in [3.63, 3.8) is 0 Å². The fourth-order valence-corrected chi connectivity index (χ4v) is 1.91. The molecular weight excluding hydrogens is 188 g/mol. The van der Waals surface area contributed by atoms with E-state index >= 15 is 0 Å². The van der Waals surface area contributed by atoms with E-state index in [0.29, 0.717) is 0 Å². The van der Waals surface area contributed by atoms with Crippen LogP contribution in [0.1, 0.15) is 34.1 Å². The van der Waals surface area contributed by atoms with Crippen molar-refractivity contribution in [3.8, 4) is 0 Å². The Bertz CT molecular complexity index is 158. The van der Waals surface area contributed by atoms with Gasteiger partial charge in [-0.2, -0.15) is 0 Å². The van der Waals surface area contributed by atoms with Crippen LogP contribution in [0.25, 0.3) is 0 Å². The van der Waals surface area contributed by atoms with Crippen molar-refractivity contribution in [1.29, 1.82) is 0 Å². The normalized spacial score (nSPS) is 14.6. The molecule has 0 fully saturated rings. The number of hydrogen-bond acceptors (Lipinski definition) is 3. The highest BCUT2D eigenvalue weighted by Crippen LogP contribution is 2.15. The zero-order valence-corrected chi connectivity index (χ0v) is 11.0. The van der Waals surface area contributed by atoms with Crippen LogP contribution in [0.15, 0.2) is 0 Å². The third-order valence-corrected chi connectivity index (χ3v) is 2.30. The third kappa shape index (κ3) is 8.85. The molecule has 2 N–H and O–H groups in total. The topological polar surface area (TPSA) is 35.5 Å². The van der Waals surface area contributed by atoms with Gasteiger partial charge in [0, 0.05) is 19.6 Å². The van der Waals surface area contributed by atoms with Crippen molar-refractivity contribution >= 4 is 0 Å². The fraction of sp³-hybridized carbons (Fsp3) is 1.00. The first-order chi connectivity index (χ1) is 6.87. The van der Waals surface area contributed by atoms with Gasteiger partial charge in [-0.15, -0.1) is 0 Å². The Hall–Kier alpha value is -0.120. The lowest BCUT2D eigenvalue weighted by Gasteiger charge is -2.31. The van der Waals surface area contributed by atoms with Crippen LogP contribution in [0.3, 0.4) is 0 Å². The summed E-state index contributed by atoms with van der Waals surface area (Å²) in [4.78, 5) is 2.19. The van der Waals surface area contributed by atoms with Gasteiger partial charge in [-0.25, -0.2) is 0 Å². The molecule has 0 radical (unpaired) electrons. The molecule has 92 valence electrons. The molecular formula is C12H28N2O. The second kappa shape index (κ2) is 7.20. The van der Waals surface area contributed by atoms with Crippen molar-refractivity contribution in [3.05, 3.63) is 0 Å². The lowest BCUT2D eigenvalue weighted by molar-refractivity contribution is 0.116. The molecule has 3 nitrogen and oxygen atoms in total. The number of likely N-dealkylation sites (N-methyl/N-ethyl adjacent to an activating group) is 1. The zero-order valence-electron chi connectivity index (χ0n) is 11.0. The Labute approximate surface area is 94.9 Å². The van der Waals surface area contributed by atoms with Gasteiger partial charge in [-0.05, 0) is 32.4 Å². The summed E-state index contributed by atoms with van der Waals surface area (Å²) in [5, 5.41) is 12.7. The maximum Gasteiger partial charge on any atom is 0.0638 e. The lowest BCUT2D eigenvalue weighted by Crippen LogP contribution is -2.41. The molecule has 0 aliphatic rings. The summed E-state index contributed by atoms with van der Waals surface area (Å²) < 4.78 is 0. The molecule has 1 unspecified atom stereocenters. The SMILES string of the molecule is CCCNCC(C)(C)CN(C)CC(C)O. The summed E-state index contributed by atoms with van der Waals surface area (Å²) in [6.45, 7) is 12.4. The molecule has 0 spiro atoms. The van der Waals surface area contributed by atoms with E-state index in [1.54, 1.807) is 0 Å². The van der Waals surface area contributed by atoms with Gasteiger partial charge in [0.2, 0.25) is 0 Å². The Balaban J connectivity index is 3.79. The Morgan fingerprint density at radius 2 is 2.00 bits per heavy atom.